The van der Waals surface area contributed by atoms with Crippen molar-refractivity contribution in [3.05, 3.63) is 34.3 Å². The molecule has 3 rings (SSSR count). The predicted molar refractivity (Wildman–Crippen MR) is 80.1 cm³/mol. The van der Waals surface area contributed by atoms with E-state index in [1.54, 1.807) is 0 Å². The first-order valence-corrected chi connectivity index (χ1v) is 7.89. The van der Waals surface area contributed by atoms with Gasteiger partial charge in [0.1, 0.15) is 0 Å². The van der Waals surface area contributed by atoms with Gasteiger partial charge in [-0.05, 0) is 41.9 Å². The Morgan fingerprint density at radius 1 is 1.25 bits per heavy atom. The number of carbonyl (C=O) groups is 2. The van der Waals surface area contributed by atoms with Crippen molar-refractivity contribution in [1.82, 2.24) is 5.32 Å². The zero-order chi connectivity index (χ0) is 14.3. The molecule has 0 bridgehead atoms. The first kappa shape index (κ1) is 13.8. The molecule has 1 aliphatic heterocycles. The molecule has 1 saturated carbocycles. The number of imide groups is 1. The summed E-state index contributed by atoms with van der Waals surface area (Å²) in [6, 6.07) is 7.92. The van der Waals surface area contributed by atoms with Gasteiger partial charge < -0.3 is 0 Å². The molecule has 20 heavy (non-hydrogen) atoms. The summed E-state index contributed by atoms with van der Waals surface area (Å²) in [6.07, 6.45) is 3.51. The summed E-state index contributed by atoms with van der Waals surface area (Å²) in [6.45, 7) is 2.21. The monoisotopic (exact) mass is 335 g/mol. The maximum atomic E-state index is 12.4. The van der Waals surface area contributed by atoms with E-state index in [1.165, 1.54) is 0 Å². The minimum absolute atomic E-state index is 0.113. The van der Waals surface area contributed by atoms with Crippen LogP contribution in [0.1, 0.15) is 44.1 Å². The highest BCUT2D eigenvalue weighted by atomic mass is 79.9. The zero-order valence-electron chi connectivity index (χ0n) is 11.5. The number of carbonyl (C=O) groups excluding carboxylic acids is 2. The lowest BCUT2D eigenvalue weighted by atomic mass is 9.66. The average molecular weight is 336 g/mol. The molecule has 4 heteroatoms. The molecule has 1 heterocycles. The van der Waals surface area contributed by atoms with Crippen molar-refractivity contribution >= 4 is 27.7 Å². The van der Waals surface area contributed by atoms with Gasteiger partial charge in [-0.25, -0.2) is 0 Å². The molecule has 1 spiro atoms. The third-order valence-corrected chi connectivity index (χ3v) is 5.27. The molecule has 1 aliphatic carbocycles. The molecule has 106 valence electrons. The van der Waals surface area contributed by atoms with Gasteiger partial charge in [-0.1, -0.05) is 41.4 Å². The van der Waals surface area contributed by atoms with Gasteiger partial charge in [0, 0.05) is 10.9 Å². The maximum absolute atomic E-state index is 12.4. The standard InChI is InChI=1S/C16H18BrNO2/c1-10-6-7-16(8-10)9-13(19)18-15(20)14(16)11-2-4-12(17)5-3-11/h2-5,10,14H,6-9H2,1H3,(H,18,19,20). The smallest absolute Gasteiger partial charge is 0.234 e. The second kappa shape index (κ2) is 4.99. The second-order valence-corrected chi connectivity index (χ2v) is 7.20. The molecule has 0 aromatic heterocycles. The van der Waals surface area contributed by atoms with E-state index in [1.807, 2.05) is 24.3 Å². The van der Waals surface area contributed by atoms with E-state index in [0.717, 1.165) is 29.3 Å². The third kappa shape index (κ3) is 2.30. The van der Waals surface area contributed by atoms with Crippen LogP contribution < -0.4 is 5.32 Å². The Morgan fingerprint density at radius 3 is 2.55 bits per heavy atom. The minimum Gasteiger partial charge on any atom is -0.296 e. The van der Waals surface area contributed by atoms with E-state index < -0.39 is 0 Å². The molecule has 1 aromatic rings. The van der Waals surface area contributed by atoms with Crippen LogP contribution >= 0.6 is 15.9 Å². The molecule has 2 amide bonds. The van der Waals surface area contributed by atoms with Gasteiger partial charge in [0.25, 0.3) is 0 Å². The van der Waals surface area contributed by atoms with Gasteiger partial charge in [0.2, 0.25) is 11.8 Å². The fraction of sp³-hybridized carbons (Fsp3) is 0.500. The van der Waals surface area contributed by atoms with E-state index in [-0.39, 0.29) is 23.1 Å². The van der Waals surface area contributed by atoms with Gasteiger partial charge in [-0.15, -0.1) is 0 Å². The quantitative estimate of drug-likeness (QED) is 0.799. The van der Waals surface area contributed by atoms with Crippen LogP contribution in [-0.4, -0.2) is 11.8 Å². The Balaban J connectivity index is 2.02. The van der Waals surface area contributed by atoms with Crippen LogP contribution in [0.4, 0.5) is 0 Å². The predicted octanol–water partition coefficient (Wildman–Crippen LogP) is 3.39. The Bertz CT molecular complexity index is 554. The zero-order valence-corrected chi connectivity index (χ0v) is 13.1. The van der Waals surface area contributed by atoms with Crippen molar-refractivity contribution in [2.75, 3.05) is 0 Å². The Kier molecular flexibility index (Phi) is 3.44. The number of nitrogens with one attached hydrogen (secondary N) is 1. The number of hydrogen-bond donors (Lipinski definition) is 1. The highest BCUT2D eigenvalue weighted by Gasteiger charge is 2.51. The summed E-state index contributed by atoms with van der Waals surface area (Å²) in [4.78, 5) is 24.2. The number of piperidine rings is 1. The number of rotatable bonds is 1. The maximum Gasteiger partial charge on any atom is 0.234 e. The van der Waals surface area contributed by atoms with Crippen LogP contribution in [0.5, 0.6) is 0 Å². The van der Waals surface area contributed by atoms with E-state index in [2.05, 4.69) is 28.2 Å². The van der Waals surface area contributed by atoms with Crippen LogP contribution in [0.15, 0.2) is 28.7 Å². The van der Waals surface area contributed by atoms with E-state index >= 15 is 0 Å². The third-order valence-electron chi connectivity index (χ3n) is 4.74. The van der Waals surface area contributed by atoms with Gasteiger partial charge >= 0.3 is 0 Å². The van der Waals surface area contributed by atoms with Gasteiger partial charge in [0.15, 0.2) is 0 Å². The van der Waals surface area contributed by atoms with E-state index in [9.17, 15) is 9.59 Å². The van der Waals surface area contributed by atoms with Gasteiger partial charge in [0.05, 0.1) is 5.92 Å². The first-order chi connectivity index (χ1) is 9.50. The Morgan fingerprint density at radius 2 is 1.95 bits per heavy atom. The van der Waals surface area contributed by atoms with Crippen molar-refractivity contribution in [1.29, 1.82) is 0 Å². The molecule has 1 aromatic carbocycles. The topological polar surface area (TPSA) is 46.2 Å². The summed E-state index contributed by atoms with van der Waals surface area (Å²) < 4.78 is 1.00. The number of amides is 2. The summed E-state index contributed by atoms with van der Waals surface area (Å²) in [5.41, 5.74) is 0.847. The van der Waals surface area contributed by atoms with Crippen LogP contribution in [0.3, 0.4) is 0 Å². The molecule has 1 saturated heterocycles. The van der Waals surface area contributed by atoms with Crippen molar-refractivity contribution in [2.45, 2.75) is 38.5 Å². The molecule has 2 fully saturated rings. The SMILES string of the molecule is CC1CCC2(CC(=O)NC(=O)C2c2ccc(Br)cc2)C1. The molecular formula is C16H18BrNO2. The normalized spacial score (nSPS) is 33.5. The second-order valence-electron chi connectivity index (χ2n) is 6.28. The molecule has 3 atom stereocenters. The Hall–Kier alpha value is -1.16. The van der Waals surface area contributed by atoms with Gasteiger partial charge in [-0.3, -0.25) is 14.9 Å². The lowest BCUT2D eigenvalue weighted by Gasteiger charge is -2.40. The van der Waals surface area contributed by atoms with E-state index in [0.29, 0.717) is 12.3 Å². The lowest BCUT2D eigenvalue weighted by Crippen LogP contribution is -2.49. The first-order valence-electron chi connectivity index (χ1n) is 7.09. The van der Waals surface area contributed by atoms with E-state index in [4.69, 9.17) is 0 Å². The average Bonchev–Trinajstić information content (AvgIpc) is 2.72. The number of hydrogen-bond acceptors (Lipinski definition) is 2. The van der Waals surface area contributed by atoms with Crippen molar-refractivity contribution in [3.63, 3.8) is 0 Å². The lowest BCUT2D eigenvalue weighted by molar-refractivity contribution is -0.140. The van der Waals surface area contributed by atoms with Crippen LogP contribution in [0.2, 0.25) is 0 Å². The van der Waals surface area contributed by atoms with Crippen LogP contribution in [0, 0.1) is 11.3 Å². The summed E-state index contributed by atoms with van der Waals surface area (Å²) in [5, 5.41) is 2.52. The summed E-state index contributed by atoms with van der Waals surface area (Å²) >= 11 is 3.42. The fourth-order valence-corrected chi connectivity index (χ4v) is 4.23. The minimum atomic E-state index is -0.196. The van der Waals surface area contributed by atoms with Gasteiger partial charge in [-0.2, -0.15) is 0 Å². The largest absolute Gasteiger partial charge is 0.296 e. The molecule has 3 nitrogen and oxygen atoms in total. The summed E-state index contributed by atoms with van der Waals surface area (Å²) in [5.74, 6) is 0.153. The highest BCUT2D eigenvalue weighted by Crippen LogP contribution is 2.54. The van der Waals surface area contributed by atoms with Crippen molar-refractivity contribution in [3.8, 4) is 0 Å². The summed E-state index contributed by atoms with van der Waals surface area (Å²) in [7, 11) is 0. The number of halogens is 1. The molecular weight excluding hydrogens is 318 g/mol. The van der Waals surface area contributed by atoms with Crippen molar-refractivity contribution in [2.24, 2.45) is 11.3 Å². The highest BCUT2D eigenvalue weighted by molar-refractivity contribution is 9.10. The Labute approximate surface area is 127 Å². The molecule has 1 N–H and O–H groups in total. The number of benzene rings is 1. The molecule has 2 aliphatic rings. The fourth-order valence-electron chi connectivity index (χ4n) is 3.97. The van der Waals surface area contributed by atoms with Crippen molar-refractivity contribution < 1.29 is 9.59 Å². The molecule has 3 unspecified atom stereocenters. The van der Waals surface area contributed by atoms with Crippen LogP contribution in [-0.2, 0) is 9.59 Å². The molecule has 0 radical (unpaired) electrons. The van der Waals surface area contributed by atoms with Crippen LogP contribution in [0.25, 0.3) is 0 Å².